The Morgan fingerprint density at radius 2 is 1.44 bits per heavy atom. The molecule has 3 aromatic rings. The van der Waals surface area contributed by atoms with Crippen LogP contribution in [0.4, 0.5) is 0 Å². The second-order valence-electron chi connectivity index (χ2n) is 7.98. The SMILES string of the molecule is COC(=O)c1ccc(CCc2ccc(OC)c(OC(C)CCCc3ccccc3)c2)cc1. The van der Waals surface area contributed by atoms with E-state index >= 15 is 0 Å². The standard InChI is InChI=1S/C28H32O4/c1-21(8-7-11-22-9-5-4-6-10-22)32-27-20-24(16-19-26(27)30-2)13-12-23-14-17-25(18-15-23)28(29)31-3/h4-6,9-10,14-21H,7-8,11-13H2,1-3H3. The first-order valence-corrected chi connectivity index (χ1v) is 11.1. The molecule has 0 fully saturated rings. The zero-order valence-corrected chi connectivity index (χ0v) is 19.2. The van der Waals surface area contributed by atoms with Crippen LogP contribution in [0.5, 0.6) is 11.5 Å². The zero-order chi connectivity index (χ0) is 22.8. The largest absolute Gasteiger partial charge is 0.493 e. The molecule has 32 heavy (non-hydrogen) atoms. The number of ether oxygens (including phenoxy) is 3. The van der Waals surface area contributed by atoms with Gasteiger partial charge in [0.1, 0.15) is 0 Å². The molecule has 168 valence electrons. The molecule has 0 heterocycles. The molecule has 3 aromatic carbocycles. The molecule has 0 N–H and O–H groups in total. The maximum atomic E-state index is 11.6. The highest BCUT2D eigenvalue weighted by molar-refractivity contribution is 5.89. The highest BCUT2D eigenvalue weighted by Gasteiger charge is 2.11. The molecule has 1 unspecified atom stereocenters. The van der Waals surface area contributed by atoms with Gasteiger partial charge in [-0.25, -0.2) is 4.79 Å². The third-order valence-electron chi connectivity index (χ3n) is 5.55. The minimum Gasteiger partial charge on any atom is -0.493 e. The molecule has 0 aliphatic carbocycles. The summed E-state index contributed by atoms with van der Waals surface area (Å²) in [5.41, 5.74) is 4.29. The Morgan fingerprint density at radius 1 is 0.781 bits per heavy atom. The van der Waals surface area contributed by atoms with Gasteiger partial charge in [-0.3, -0.25) is 0 Å². The summed E-state index contributed by atoms with van der Waals surface area (Å²) in [5.74, 6) is 1.23. The van der Waals surface area contributed by atoms with E-state index in [1.165, 1.54) is 23.8 Å². The fourth-order valence-electron chi connectivity index (χ4n) is 3.70. The van der Waals surface area contributed by atoms with Crippen molar-refractivity contribution in [1.29, 1.82) is 0 Å². The number of aryl methyl sites for hydroxylation is 3. The van der Waals surface area contributed by atoms with Crippen LogP contribution in [-0.4, -0.2) is 26.3 Å². The maximum Gasteiger partial charge on any atom is 0.337 e. The number of carbonyl (C=O) groups is 1. The normalized spacial score (nSPS) is 11.6. The number of rotatable bonds is 11. The molecule has 0 aliphatic heterocycles. The summed E-state index contributed by atoms with van der Waals surface area (Å²) >= 11 is 0. The van der Waals surface area contributed by atoms with E-state index in [2.05, 4.69) is 43.3 Å². The fraction of sp³-hybridized carbons (Fsp3) is 0.321. The summed E-state index contributed by atoms with van der Waals surface area (Å²) in [7, 11) is 3.06. The van der Waals surface area contributed by atoms with Crippen LogP contribution in [0.25, 0.3) is 0 Å². The van der Waals surface area contributed by atoms with Crippen molar-refractivity contribution in [1.82, 2.24) is 0 Å². The lowest BCUT2D eigenvalue weighted by Crippen LogP contribution is -2.13. The van der Waals surface area contributed by atoms with Crippen LogP contribution < -0.4 is 9.47 Å². The van der Waals surface area contributed by atoms with Crippen molar-refractivity contribution in [2.45, 2.75) is 45.1 Å². The van der Waals surface area contributed by atoms with E-state index in [0.29, 0.717) is 5.56 Å². The zero-order valence-electron chi connectivity index (χ0n) is 19.2. The van der Waals surface area contributed by atoms with Gasteiger partial charge < -0.3 is 14.2 Å². The topological polar surface area (TPSA) is 44.8 Å². The van der Waals surface area contributed by atoms with Gasteiger partial charge in [0, 0.05) is 0 Å². The molecule has 0 saturated carbocycles. The molecule has 0 radical (unpaired) electrons. The molecule has 1 atom stereocenters. The molecule has 0 amide bonds. The third-order valence-corrected chi connectivity index (χ3v) is 5.55. The van der Waals surface area contributed by atoms with Crippen LogP contribution in [0.1, 0.15) is 46.8 Å². The van der Waals surface area contributed by atoms with Crippen molar-refractivity contribution < 1.29 is 19.0 Å². The van der Waals surface area contributed by atoms with Gasteiger partial charge in [-0.1, -0.05) is 48.5 Å². The Balaban J connectivity index is 1.55. The fourth-order valence-corrected chi connectivity index (χ4v) is 3.70. The molecular formula is C28H32O4. The number of carbonyl (C=O) groups excluding carboxylic acids is 1. The highest BCUT2D eigenvalue weighted by atomic mass is 16.5. The van der Waals surface area contributed by atoms with Crippen molar-refractivity contribution >= 4 is 5.97 Å². The first kappa shape index (κ1) is 23.4. The van der Waals surface area contributed by atoms with Gasteiger partial charge in [-0.2, -0.15) is 0 Å². The summed E-state index contributed by atoms with van der Waals surface area (Å²) in [6.45, 7) is 2.11. The van der Waals surface area contributed by atoms with Crippen molar-refractivity contribution in [2.75, 3.05) is 14.2 Å². The Hall–Kier alpha value is -3.27. The quantitative estimate of drug-likeness (QED) is 0.346. The molecule has 4 nitrogen and oxygen atoms in total. The number of hydrogen-bond donors (Lipinski definition) is 0. The van der Waals surface area contributed by atoms with Gasteiger partial charge in [-0.15, -0.1) is 0 Å². The molecule has 3 rings (SSSR count). The summed E-state index contributed by atoms with van der Waals surface area (Å²) in [6.07, 6.45) is 4.97. The van der Waals surface area contributed by atoms with Crippen molar-refractivity contribution in [3.63, 3.8) is 0 Å². The van der Waals surface area contributed by atoms with Crippen molar-refractivity contribution in [2.24, 2.45) is 0 Å². The second kappa shape index (κ2) is 11.9. The number of hydrogen-bond acceptors (Lipinski definition) is 4. The highest BCUT2D eigenvalue weighted by Crippen LogP contribution is 2.30. The molecule has 0 spiro atoms. The average Bonchev–Trinajstić information content (AvgIpc) is 2.83. The van der Waals surface area contributed by atoms with Crippen LogP contribution in [-0.2, 0) is 24.0 Å². The van der Waals surface area contributed by atoms with Crippen LogP contribution in [0, 0.1) is 0 Å². The predicted octanol–water partition coefficient (Wildman–Crippen LogP) is 6.06. The number of benzene rings is 3. The van der Waals surface area contributed by atoms with Crippen LogP contribution >= 0.6 is 0 Å². The number of methoxy groups -OCH3 is 2. The smallest absolute Gasteiger partial charge is 0.337 e. The van der Waals surface area contributed by atoms with E-state index in [-0.39, 0.29) is 12.1 Å². The van der Waals surface area contributed by atoms with Crippen LogP contribution in [0.15, 0.2) is 72.8 Å². The summed E-state index contributed by atoms with van der Waals surface area (Å²) in [5, 5.41) is 0. The van der Waals surface area contributed by atoms with Gasteiger partial charge in [-0.05, 0) is 80.0 Å². The van der Waals surface area contributed by atoms with Crippen LogP contribution in [0.3, 0.4) is 0 Å². The summed E-state index contributed by atoms with van der Waals surface area (Å²) in [6, 6.07) is 24.2. The molecule has 0 aromatic heterocycles. The third kappa shape index (κ3) is 6.88. The first-order valence-electron chi connectivity index (χ1n) is 11.1. The summed E-state index contributed by atoms with van der Waals surface area (Å²) in [4.78, 5) is 11.6. The Bertz CT molecular complexity index is 980. The van der Waals surface area contributed by atoms with Gasteiger partial charge in [0.25, 0.3) is 0 Å². The monoisotopic (exact) mass is 432 g/mol. The van der Waals surface area contributed by atoms with Gasteiger partial charge in [0.05, 0.1) is 25.9 Å². The minimum absolute atomic E-state index is 0.105. The van der Waals surface area contributed by atoms with Gasteiger partial charge in [0.15, 0.2) is 11.5 Å². The lowest BCUT2D eigenvalue weighted by molar-refractivity contribution is 0.0600. The van der Waals surface area contributed by atoms with Gasteiger partial charge >= 0.3 is 5.97 Å². The van der Waals surface area contributed by atoms with E-state index in [0.717, 1.165) is 43.6 Å². The lowest BCUT2D eigenvalue weighted by atomic mass is 10.0. The van der Waals surface area contributed by atoms with Crippen LogP contribution in [0.2, 0.25) is 0 Å². The average molecular weight is 433 g/mol. The van der Waals surface area contributed by atoms with E-state index < -0.39 is 0 Å². The van der Waals surface area contributed by atoms with Crippen molar-refractivity contribution in [3.8, 4) is 11.5 Å². The predicted molar refractivity (Wildman–Crippen MR) is 128 cm³/mol. The number of esters is 1. The van der Waals surface area contributed by atoms with E-state index in [4.69, 9.17) is 14.2 Å². The molecule has 0 aliphatic rings. The van der Waals surface area contributed by atoms with Gasteiger partial charge in [0.2, 0.25) is 0 Å². The Labute approximate surface area is 191 Å². The Kier molecular flexibility index (Phi) is 8.73. The van der Waals surface area contributed by atoms with E-state index in [1.807, 2.05) is 24.3 Å². The second-order valence-corrected chi connectivity index (χ2v) is 7.98. The molecular weight excluding hydrogens is 400 g/mol. The molecule has 0 saturated heterocycles. The molecule has 4 heteroatoms. The minimum atomic E-state index is -0.314. The van der Waals surface area contributed by atoms with Crippen molar-refractivity contribution in [3.05, 3.63) is 95.1 Å². The first-order chi connectivity index (χ1) is 15.6. The Morgan fingerprint density at radius 3 is 2.12 bits per heavy atom. The molecule has 0 bridgehead atoms. The maximum absolute atomic E-state index is 11.6. The lowest BCUT2D eigenvalue weighted by Gasteiger charge is -2.18. The van der Waals surface area contributed by atoms with E-state index in [1.54, 1.807) is 19.2 Å². The van der Waals surface area contributed by atoms with E-state index in [9.17, 15) is 4.79 Å². The summed E-state index contributed by atoms with van der Waals surface area (Å²) < 4.78 is 16.5.